The van der Waals surface area contributed by atoms with Crippen LogP contribution in [-0.2, 0) is 11.3 Å². The van der Waals surface area contributed by atoms with Gasteiger partial charge in [0.15, 0.2) is 0 Å². The number of carbonyl (C=O) groups is 1. The van der Waals surface area contributed by atoms with Gasteiger partial charge in [0.25, 0.3) is 0 Å². The van der Waals surface area contributed by atoms with Crippen molar-refractivity contribution in [3.63, 3.8) is 0 Å². The van der Waals surface area contributed by atoms with Gasteiger partial charge >= 0.3 is 0 Å². The molecule has 1 aliphatic heterocycles. The van der Waals surface area contributed by atoms with Gasteiger partial charge in [0, 0.05) is 26.1 Å². The Kier molecular flexibility index (Phi) is 4.91. The van der Waals surface area contributed by atoms with E-state index in [1.54, 1.807) is 18.0 Å². The molecule has 0 radical (unpaired) electrons. The molecule has 19 heavy (non-hydrogen) atoms. The van der Waals surface area contributed by atoms with Gasteiger partial charge in [0.1, 0.15) is 5.82 Å². The molecule has 1 aromatic rings. The van der Waals surface area contributed by atoms with Gasteiger partial charge < -0.3 is 10.2 Å². The summed E-state index contributed by atoms with van der Waals surface area (Å²) in [6.07, 6.45) is 3.99. The SMILES string of the molecule is CN(Cc1cccc(F)c1)C(=O)CC1CCCCN1. The van der Waals surface area contributed by atoms with Crippen LogP contribution in [0.15, 0.2) is 24.3 Å². The molecule has 0 bridgehead atoms. The summed E-state index contributed by atoms with van der Waals surface area (Å²) in [5, 5.41) is 3.37. The molecule has 1 aromatic carbocycles. The fraction of sp³-hybridized carbons (Fsp3) is 0.533. The van der Waals surface area contributed by atoms with Crippen LogP contribution < -0.4 is 5.32 Å². The van der Waals surface area contributed by atoms with Crippen molar-refractivity contribution < 1.29 is 9.18 Å². The van der Waals surface area contributed by atoms with E-state index in [1.807, 2.05) is 6.07 Å². The van der Waals surface area contributed by atoms with Crippen molar-refractivity contribution in [2.75, 3.05) is 13.6 Å². The van der Waals surface area contributed by atoms with Gasteiger partial charge in [0.2, 0.25) is 5.91 Å². The lowest BCUT2D eigenvalue weighted by Crippen LogP contribution is -2.39. The molecule has 4 heteroatoms. The van der Waals surface area contributed by atoms with E-state index >= 15 is 0 Å². The van der Waals surface area contributed by atoms with Gasteiger partial charge in [-0.05, 0) is 37.1 Å². The zero-order valence-electron chi connectivity index (χ0n) is 11.4. The van der Waals surface area contributed by atoms with Crippen molar-refractivity contribution in [3.8, 4) is 0 Å². The van der Waals surface area contributed by atoms with E-state index in [1.165, 1.54) is 25.0 Å². The molecule has 1 N–H and O–H groups in total. The summed E-state index contributed by atoms with van der Waals surface area (Å²) in [6.45, 7) is 1.47. The summed E-state index contributed by atoms with van der Waals surface area (Å²) in [6, 6.07) is 6.70. The van der Waals surface area contributed by atoms with Crippen LogP contribution >= 0.6 is 0 Å². The van der Waals surface area contributed by atoms with E-state index in [2.05, 4.69) is 5.32 Å². The van der Waals surface area contributed by atoms with Crippen molar-refractivity contribution in [2.45, 2.75) is 38.3 Å². The number of benzene rings is 1. The molecule has 1 saturated heterocycles. The number of amides is 1. The van der Waals surface area contributed by atoms with Crippen molar-refractivity contribution in [1.82, 2.24) is 10.2 Å². The summed E-state index contributed by atoms with van der Waals surface area (Å²) in [7, 11) is 1.77. The summed E-state index contributed by atoms with van der Waals surface area (Å²) >= 11 is 0. The molecule has 1 unspecified atom stereocenters. The van der Waals surface area contributed by atoms with Gasteiger partial charge in [-0.1, -0.05) is 18.6 Å². The molecule has 0 aromatic heterocycles. The lowest BCUT2D eigenvalue weighted by Gasteiger charge is -2.25. The Morgan fingerprint density at radius 3 is 3.00 bits per heavy atom. The molecule has 0 aliphatic carbocycles. The first-order chi connectivity index (χ1) is 9.15. The molecule has 104 valence electrons. The number of hydrogen-bond acceptors (Lipinski definition) is 2. The molecule has 1 aliphatic rings. The van der Waals surface area contributed by atoms with Gasteiger partial charge in [-0.3, -0.25) is 4.79 Å². The Morgan fingerprint density at radius 2 is 2.32 bits per heavy atom. The van der Waals surface area contributed by atoms with Crippen molar-refractivity contribution in [2.24, 2.45) is 0 Å². The lowest BCUT2D eigenvalue weighted by atomic mass is 10.0. The maximum absolute atomic E-state index is 13.1. The smallest absolute Gasteiger partial charge is 0.224 e. The minimum atomic E-state index is -0.257. The summed E-state index contributed by atoms with van der Waals surface area (Å²) in [5.41, 5.74) is 0.826. The van der Waals surface area contributed by atoms with E-state index in [0.717, 1.165) is 18.5 Å². The van der Waals surface area contributed by atoms with Crippen molar-refractivity contribution >= 4 is 5.91 Å². The predicted octanol–water partition coefficient (Wildman–Crippen LogP) is 2.32. The van der Waals surface area contributed by atoms with Gasteiger partial charge in [-0.2, -0.15) is 0 Å². The number of rotatable bonds is 4. The highest BCUT2D eigenvalue weighted by Crippen LogP contribution is 2.12. The minimum Gasteiger partial charge on any atom is -0.341 e. The first-order valence-corrected chi connectivity index (χ1v) is 6.87. The lowest BCUT2D eigenvalue weighted by molar-refractivity contribution is -0.131. The normalized spacial score (nSPS) is 19.2. The molecule has 0 spiro atoms. The number of nitrogens with zero attached hydrogens (tertiary/aromatic N) is 1. The van der Waals surface area contributed by atoms with E-state index in [9.17, 15) is 9.18 Å². The predicted molar refractivity (Wildman–Crippen MR) is 73.1 cm³/mol. The quantitative estimate of drug-likeness (QED) is 0.905. The van der Waals surface area contributed by atoms with Crippen LogP contribution in [0, 0.1) is 5.82 Å². The largest absolute Gasteiger partial charge is 0.341 e. The van der Waals surface area contributed by atoms with Gasteiger partial charge in [0.05, 0.1) is 0 Å². The Balaban J connectivity index is 1.84. The minimum absolute atomic E-state index is 0.115. The fourth-order valence-corrected chi connectivity index (χ4v) is 2.46. The number of halogens is 1. The topological polar surface area (TPSA) is 32.3 Å². The van der Waals surface area contributed by atoms with Crippen LogP contribution in [0.3, 0.4) is 0 Å². The summed E-state index contributed by atoms with van der Waals surface area (Å²) < 4.78 is 13.1. The zero-order chi connectivity index (χ0) is 13.7. The number of hydrogen-bond donors (Lipinski definition) is 1. The zero-order valence-corrected chi connectivity index (χ0v) is 11.4. The first-order valence-electron chi connectivity index (χ1n) is 6.87. The van der Waals surface area contributed by atoms with Crippen LogP contribution in [-0.4, -0.2) is 30.4 Å². The summed E-state index contributed by atoms with van der Waals surface area (Å²) in [4.78, 5) is 13.8. The third kappa shape index (κ3) is 4.31. The third-order valence-corrected chi connectivity index (χ3v) is 3.57. The number of piperidine rings is 1. The van der Waals surface area contributed by atoms with E-state index < -0.39 is 0 Å². The molecular formula is C15H21FN2O. The van der Waals surface area contributed by atoms with Crippen LogP contribution in [0.5, 0.6) is 0 Å². The number of nitrogens with one attached hydrogen (secondary N) is 1. The molecule has 1 amide bonds. The Labute approximate surface area is 113 Å². The van der Waals surface area contributed by atoms with Crippen LogP contribution in [0.25, 0.3) is 0 Å². The van der Waals surface area contributed by atoms with Crippen molar-refractivity contribution in [3.05, 3.63) is 35.6 Å². The highest BCUT2D eigenvalue weighted by atomic mass is 19.1. The Bertz CT molecular complexity index is 430. The Morgan fingerprint density at radius 1 is 1.47 bits per heavy atom. The maximum Gasteiger partial charge on any atom is 0.224 e. The molecule has 1 atom stereocenters. The average Bonchev–Trinajstić information content (AvgIpc) is 2.40. The first kappa shape index (κ1) is 14.0. The van der Waals surface area contributed by atoms with Gasteiger partial charge in [-0.25, -0.2) is 4.39 Å². The average molecular weight is 264 g/mol. The van der Waals surface area contributed by atoms with Gasteiger partial charge in [-0.15, -0.1) is 0 Å². The second-order valence-electron chi connectivity index (χ2n) is 5.23. The highest BCUT2D eigenvalue weighted by Gasteiger charge is 2.18. The molecule has 1 fully saturated rings. The molecule has 0 saturated carbocycles. The molecule has 2 rings (SSSR count). The molecule has 3 nitrogen and oxygen atoms in total. The standard InChI is InChI=1S/C15H21FN2O/c1-18(11-12-5-4-6-13(16)9-12)15(19)10-14-7-2-3-8-17-14/h4-6,9,14,17H,2-3,7-8,10-11H2,1H3. The number of carbonyl (C=O) groups excluding carboxylic acids is 1. The maximum atomic E-state index is 13.1. The van der Waals surface area contributed by atoms with Crippen molar-refractivity contribution in [1.29, 1.82) is 0 Å². The van der Waals surface area contributed by atoms with Crippen LogP contribution in [0.1, 0.15) is 31.2 Å². The summed E-state index contributed by atoms with van der Waals surface area (Å²) in [5.74, 6) is -0.143. The molecular weight excluding hydrogens is 243 g/mol. The monoisotopic (exact) mass is 264 g/mol. The van der Waals surface area contributed by atoms with E-state index in [-0.39, 0.29) is 11.7 Å². The third-order valence-electron chi connectivity index (χ3n) is 3.57. The van der Waals surface area contributed by atoms with E-state index in [4.69, 9.17) is 0 Å². The molecule has 1 heterocycles. The van der Waals surface area contributed by atoms with Crippen LogP contribution in [0.4, 0.5) is 4.39 Å². The second kappa shape index (κ2) is 6.66. The highest BCUT2D eigenvalue weighted by molar-refractivity contribution is 5.76. The van der Waals surface area contributed by atoms with E-state index in [0.29, 0.717) is 19.0 Å². The fourth-order valence-electron chi connectivity index (χ4n) is 2.46. The Hall–Kier alpha value is -1.42. The second-order valence-corrected chi connectivity index (χ2v) is 5.23. The van der Waals surface area contributed by atoms with Crippen LogP contribution in [0.2, 0.25) is 0 Å².